The minimum Gasteiger partial charge on any atom is -0.378 e. The lowest BCUT2D eigenvalue weighted by Crippen LogP contribution is -2.48. The Morgan fingerprint density at radius 1 is 1.17 bits per heavy atom. The first-order valence-electron chi connectivity index (χ1n) is 6.88. The van der Waals surface area contributed by atoms with E-state index in [9.17, 15) is 0 Å². The van der Waals surface area contributed by atoms with Crippen molar-refractivity contribution in [2.24, 2.45) is 0 Å². The van der Waals surface area contributed by atoms with E-state index in [0.717, 1.165) is 19.5 Å². The van der Waals surface area contributed by atoms with Crippen LogP contribution in [0.3, 0.4) is 0 Å². The first-order chi connectivity index (χ1) is 8.66. The Balaban J connectivity index is 1.91. The molecule has 1 heterocycles. The second-order valence-electron chi connectivity index (χ2n) is 5.40. The monoisotopic (exact) mass is 247 g/mol. The Morgan fingerprint density at radius 2 is 1.78 bits per heavy atom. The first-order valence-corrected chi connectivity index (χ1v) is 6.88. The van der Waals surface area contributed by atoms with Crippen LogP contribution in [0, 0.1) is 0 Å². The highest BCUT2D eigenvalue weighted by Gasteiger charge is 2.16. The molecule has 1 N–H and O–H groups in total. The van der Waals surface area contributed by atoms with Crippen molar-refractivity contribution in [1.82, 2.24) is 10.2 Å². The van der Waals surface area contributed by atoms with Gasteiger partial charge in [-0.25, -0.2) is 0 Å². The molecule has 2 rings (SSSR count). The maximum atomic E-state index is 3.41. The van der Waals surface area contributed by atoms with Crippen LogP contribution in [0.4, 0.5) is 5.69 Å². The molecule has 1 saturated heterocycles. The van der Waals surface area contributed by atoms with Gasteiger partial charge >= 0.3 is 0 Å². The molecule has 100 valence electrons. The van der Waals surface area contributed by atoms with Gasteiger partial charge in [0.05, 0.1) is 0 Å². The summed E-state index contributed by atoms with van der Waals surface area (Å²) >= 11 is 0. The van der Waals surface area contributed by atoms with E-state index in [-0.39, 0.29) is 0 Å². The molecule has 0 amide bonds. The number of piperazine rings is 1. The third kappa shape index (κ3) is 3.47. The molecule has 0 saturated carbocycles. The van der Waals surface area contributed by atoms with Crippen LogP contribution in [-0.4, -0.2) is 51.2 Å². The molecule has 3 nitrogen and oxygen atoms in total. The van der Waals surface area contributed by atoms with E-state index < -0.39 is 0 Å². The quantitative estimate of drug-likeness (QED) is 0.871. The van der Waals surface area contributed by atoms with Crippen molar-refractivity contribution in [3.8, 4) is 0 Å². The van der Waals surface area contributed by atoms with E-state index in [1.165, 1.54) is 24.3 Å². The van der Waals surface area contributed by atoms with Crippen LogP contribution in [0.25, 0.3) is 0 Å². The normalized spacial score (nSPS) is 18.6. The van der Waals surface area contributed by atoms with Crippen molar-refractivity contribution in [1.29, 1.82) is 0 Å². The SMILES string of the molecule is CC(Cc1ccc(N(C)C)cc1)N1CCNCC1. The molecule has 18 heavy (non-hydrogen) atoms. The molecular weight excluding hydrogens is 222 g/mol. The third-order valence-electron chi connectivity index (χ3n) is 3.76. The summed E-state index contributed by atoms with van der Waals surface area (Å²) in [7, 11) is 4.16. The van der Waals surface area contributed by atoms with Gasteiger partial charge in [-0.3, -0.25) is 4.90 Å². The maximum Gasteiger partial charge on any atom is 0.0361 e. The molecule has 0 bridgehead atoms. The number of hydrogen-bond acceptors (Lipinski definition) is 3. The lowest BCUT2D eigenvalue weighted by Gasteiger charge is -2.33. The fourth-order valence-electron chi connectivity index (χ4n) is 2.52. The Bertz CT molecular complexity index is 353. The number of hydrogen-bond donors (Lipinski definition) is 1. The standard InChI is InChI=1S/C15H25N3/c1-13(18-10-8-16-9-11-18)12-14-4-6-15(7-5-14)17(2)3/h4-7,13,16H,8-12H2,1-3H3. The van der Waals surface area contributed by atoms with Gasteiger partial charge in [-0.2, -0.15) is 0 Å². The summed E-state index contributed by atoms with van der Waals surface area (Å²) < 4.78 is 0. The average molecular weight is 247 g/mol. The second kappa shape index (κ2) is 6.21. The summed E-state index contributed by atoms with van der Waals surface area (Å²) in [5.41, 5.74) is 2.71. The number of anilines is 1. The molecule has 1 aliphatic heterocycles. The van der Waals surface area contributed by atoms with Crippen molar-refractivity contribution in [2.75, 3.05) is 45.2 Å². The summed E-state index contributed by atoms with van der Waals surface area (Å²) in [5.74, 6) is 0. The zero-order chi connectivity index (χ0) is 13.0. The second-order valence-corrected chi connectivity index (χ2v) is 5.40. The minimum atomic E-state index is 0.636. The van der Waals surface area contributed by atoms with Gasteiger partial charge in [0.25, 0.3) is 0 Å². The summed E-state index contributed by atoms with van der Waals surface area (Å²) in [5, 5.41) is 3.41. The van der Waals surface area contributed by atoms with Gasteiger partial charge in [0.15, 0.2) is 0 Å². The number of nitrogens with one attached hydrogen (secondary N) is 1. The fraction of sp³-hybridized carbons (Fsp3) is 0.600. The van der Waals surface area contributed by atoms with Crippen molar-refractivity contribution in [3.63, 3.8) is 0 Å². The van der Waals surface area contributed by atoms with E-state index in [0.29, 0.717) is 6.04 Å². The summed E-state index contributed by atoms with van der Waals surface area (Å²) in [6, 6.07) is 9.57. The van der Waals surface area contributed by atoms with E-state index in [2.05, 4.69) is 60.4 Å². The maximum absolute atomic E-state index is 3.41. The molecule has 1 aliphatic rings. The van der Waals surface area contributed by atoms with E-state index >= 15 is 0 Å². The molecule has 3 heteroatoms. The van der Waals surface area contributed by atoms with E-state index in [1.807, 2.05) is 0 Å². The lowest BCUT2D eigenvalue weighted by atomic mass is 10.0. The predicted molar refractivity (Wildman–Crippen MR) is 78.4 cm³/mol. The molecule has 0 radical (unpaired) electrons. The number of rotatable bonds is 4. The van der Waals surface area contributed by atoms with Gasteiger partial charge in [-0.15, -0.1) is 0 Å². The Morgan fingerprint density at radius 3 is 2.33 bits per heavy atom. The van der Waals surface area contributed by atoms with Crippen molar-refractivity contribution in [3.05, 3.63) is 29.8 Å². The summed E-state index contributed by atoms with van der Waals surface area (Å²) in [6.45, 7) is 6.95. The van der Waals surface area contributed by atoms with Gasteiger partial charge in [-0.1, -0.05) is 12.1 Å². The predicted octanol–water partition coefficient (Wildman–Crippen LogP) is 1.59. The van der Waals surface area contributed by atoms with Crippen LogP contribution >= 0.6 is 0 Å². The van der Waals surface area contributed by atoms with Gasteiger partial charge in [0.2, 0.25) is 0 Å². The molecule has 0 aliphatic carbocycles. The molecule has 0 aromatic heterocycles. The molecule has 0 spiro atoms. The average Bonchev–Trinajstić information content (AvgIpc) is 2.40. The highest BCUT2D eigenvalue weighted by molar-refractivity contribution is 5.46. The van der Waals surface area contributed by atoms with Crippen molar-refractivity contribution >= 4 is 5.69 Å². The van der Waals surface area contributed by atoms with Crippen LogP contribution in [0.5, 0.6) is 0 Å². The van der Waals surface area contributed by atoms with Crippen LogP contribution in [0.15, 0.2) is 24.3 Å². The van der Waals surface area contributed by atoms with Crippen LogP contribution < -0.4 is 10.2 Å². The Labute approximate surface area is 111 Å². The smallest absolute Gasteiger partial charge is 0.0361 e. The molecule has 1 aromatic carbocycles. The molecule has 1 aromatic rings. The van der Waals surface area contributed by atoms with E-state index in [4.69, 9.17) is 0 Å². The van der Waals surface area contributed by atoms with Gasteiger partial charge in [0, 0.05) is 52.0 Å². The van der Waals surface area contributed by atoms with Crippen LogP contribution in [0.1, 0.15) is 12.5 Å². The molecule has 1 atom stereocenters. The number of nitrogens with zero attached hydrogens (tertiary/aromatic N) is 2. The first kappa shape index (κ1) is 13.4. The van der Waals surface area contributed by atoms with Gasteiger partial charge in [-0.05, 0) is 31.0 Å². The highest BCUT2D eigenvalue weighted by Crippen LogP contribution is 2.15. The van der Waals surface area contributed by atoms with Gasteiger partial charge in [0.1, 0.15) is 0 Å². The minimum absolute atomic E-state index is 0.636. The zero-order valence-electron chi connectivity index (χ0n) is 11.8. The number of benzene rings is 1. The third-order valence-corrected chi connectivity index (χ3v) is 3.76. The Hall–Kier alpha value is -1.06. The zero-order valence-corrected chi connectivity index (χ0v) is 11.8. The summed E-state index contributed by atoms with van der Waals surface area (Å²) in [6.07, 6.45) is 1.15. The lowest BCUT2D eigenvalue weighted by molar-refractivity contribution is 0.183. The molecular formula is C15H25N3. The molecule has 1 unspecified atom stereocenters. The van der Waals surface area contributed by atoms with E-state index in [1.54, 1.807) is 0 Å². The van der Waals surface area contributed by atoms with Crippen molar-refractivity contribution < 1.29 is 0 Å². The van der Waals surface area contributed by atoms with Crippen LogP contribution in [-0.2, 0) is 6.42 Å². The van der Waals surface area contributed by atoms with Gasteiger partial charge < -0.3 is 10.2 Å². The highest BCUT2D eigenvalue weighted by atomic mass is 15.2. The topological polar surface area (TPSA) is 18.5 Å². The molecule has 1 fully saturated rings. The summed E-state index contributed by atoms with van der Waals surface area (Å²) in [4.78, 5) is 4.72. The largest absolute Gasteiger partial charge is 0.378 e. The van der Waals surface area contributed by atoms with Crippen LogP contribution in [0.2, 0.25) is 0 Å². The fourth-order valence-corrected chi connectivity index (χ4v) is 2.52. The Kier molecular flexibility index (Phi) is 4.61. The van der Waals surface area contributed by atoms with Crippen molar-refractivity contribution in [2.45, 2.75) is 19.4 Å².